The standard InChI is InChI=1S/C14H16O4/c1-8-6-10(7-11(16)13(8)18)14(9(2)15)5-3-4-12(14)17/h6-7,16,18H,3-5H2,1-2H3. The number of Topliss-reactive ketones (excluding diaryl/α,β-unsaturated/α-hetero) is 2. The minimum absolute atomic E-state index is 0.0977. The second-order valence-corrected chi connectivity index (χ2v) is 4.90. The molecule has 2 N–H and O–H groups in total. The van der Waals surface area contributed by atoms with Crippen molar-refractivity contribution in [3.8, 4) is 11.5 Å². The van der Waals surface area contributed by atoms with Crippen LogP contribution in [0.4, 0.5) is 0 Å². The maximum Gasteiger partial charge on any atom is 0.160 e. The van der Waals surface area contributed by atoms with Crippen molar-refractivity contribution in [1.82, 2.24) is 0 Å². The predicted octanol–water partition coefficient (Wildman–Crippen LogP) is 1.99. The van der Waals surface area contributed by atoms with Gasteiger partial charge in [-0.25, -0.2) is 0 Å². The molecule has 2 rings (SSSR count). The van der Waals surface area contributed by atoms with Crippen molar-refractivity contribution in [1.29, 1.82) is 0 Å². The van der Waals surface area contributed by atoms with Crippen LogP contribution in [0.5, 0.6) is 11.5 Å². The molecule has 4 heteroatoms. The van der Waals surface area contributed by atoms with Gasteiger partial charge in [0, 0.05) is 6.42 Å². The first kappa shape index (κ1) is 12.6. The lowest BCUT2D eigenvalue weighted by molar-refractivity contribution is -0.132. The Morgan fingerprint density at radius 3 is 2.44 bits per heavy atom. The van der Waals surface area contributed by atoms with E-state index in [1.807, 2.05) is 0 Å². The molecule has 0 aliphatic heterocycles. The number of ketones is 2. The Bertz CT molecular complexity index is 510. The lowest BCUT2D eigenvalue weighted by atomic mass is 9.74. The lowest BCUT2D eigenvalue weighted by Crippen LogP contribution is -2.38. The Labute approximate surface area is 105 Å². The number of hydrogen-bond donors (Lipinski definition) is 2. The van der Waals surface area contributed by atoms with E-state index in [1.54, 1.807) is 13.0 Å². The first-order valence-corrected chi connectivity index (χ1v) is 5.97. The number of rotatable bonds is 2. The van der Waals surface area contributed by atoms with Gasteiger partial charge in [0.15, 0.2) is 17.3 Å². The highest BCUT2D eigenvalue weighted by molar-refractivity contribution is 6.13. The van der Waals surface area contributed by atoms with Gasteiger partial charge in [0.2, 0.25) is 0 Å². The van der Waals surface area contributed by atoms with Crippen LogP contribution < -0.4 is 0 Å². The molecular formula is C14H16O4. The third-order valence-electron chi connectivity index (χ3n) is 3.81. The van der Waals surface area contributed by atoms with Crippen LogP contribution in [0.25, 0.3) is 0 Å². The lowest BCUT2D eigenvalue weighted by Gasteiger charge is -2.25. The summed E-state index contributed by atoms with van der Waals surface area (Å²) in [7, 11) is 0. The first-order valence-electron chi connectivity index (χ1n) is 5.97. The number of aryl methyl sites for hydroxylation is 1. The molecule has 0 saturated heterocycles. The Balaban J connectivity index is 2.65. The molecule has 1 atom stereocenters. The minimum atomic E-state index is -1.13. The molecule has 1 saturated carbocycles. The van der Waals surface area contributed by atoms with E-state index >= 15 is 0 Å². The fourth-order valence-corrected chi connectivity index (χ4v) is 2.76. The van der Waals surface area contributed by atoms with Gasteiger partial charge in [-0.2, -0.15) is 0 Å². The van der Waals surface area contributed by atoms with Crippen molar-refractivity contribution in [3.05, 3.63) is 23.3 Å². The third kappa shape index (κ3) is 1.60. The van der Waals surface area contributed by atoms with Crippen molar-refractivity contribution in [3.63, 3.8) is 0 Å². The van der Waals surface area contributed by atoms with Crippen molar-refractivity contribution in [2.24, 2.45) is 0 Å². The van der Waals surface area contributed by atoms with Crippen LogP contribution in [0.3, 0.4) is 0 Å². The normalized spacial score (nSPS) is 23.3. The maximum absolute atomic E-state index is 12.1. The van der Waals surface area contributed by atoms with E-state index in [-0.39, 0.29) is 23.1 Å². The molecule has 4 nitrogen and oxygen atoms in total. The quantitative estimate of drug-likeness (QED) is 0.620. The SMILES string of the molecule is CC(=O)C1(c2cc(C)c(O)c(O)c2)CCCC1=O. The summed E-state index contributed by atoms with van der Waals surface area (Å²) in [5, 5.41) is 19.2. The number of phenolic OH excluding ortho intramolecular Hbond substituents is 2. The second kappa shape index (κ2) is 4.12. The van der Waals surface area contributed by atoms with Gasteiger partial charge in [-0.3, -0.25) is 9.59 Å². The molecule has 0 aromatic heterocycles. The third-order valence-corrected chi connectivity index (χ3v) is 3.81. The van der Waals surface area contributed by atoms with Gasteiger partial charge in [-0.15, -0.1) is 0 Å². The maximum atomic E-state index is 12.1. The zero-order valence-electron chi connectivity index (χ0n) is 10.5. The Morgan fingerprint density at radius 2 is 2.00 bits per heavy atom. The zero-order chi connectivity index (χ0) is 13.5. The van der Waals surface area contributed by atoms with Crippen molar-refractivity contribution in [2.75, 3.05) is 0 Å². The highest BCUT2D eigenvalue weighted by Gasteiger charge is 2.47. The van der Waals surface area contributed by atoms with Crippen LogP contribution in [-0.4, -0.2) is 21.8 Å². The van der Waals surface area contributed by atoms with Gasteiger partial charge in [0.25, 0.3) is 0 Å². The van der Waals surface area contributed by atoms with E-state index in [1.165, 1.54) is 13.0 Å². The van der Waals surface area contributed by atoms with Gasteiger partial charge in [0.1, 0.15) is 11.2 Å². The topological polar surface area (TPSA) is 74.6 Å². The summed E-state index contributed by atoms with van der Waals surface area (Å²) >= 11 is 0. The Kier molecular flexibility index (Phi) is 2.89. The zero-order valence-corrected chi connectivity index (χ0v) is 10.5. The van der Waals surface area contributed by atoms with Crippen molar-refractivity contribution in [2.45, 2.75) is 38.5 Å². The fraction of sp³-hybridized carbons (Fsp3) is 0.429. The number of phenols is 2. The summed E-state index contributed by atoms with van der Waals surface area (Å²) in [5.74, 6) is -0.790. The molecule has 96 valence electrons. The molecule has 1 aliphatic rings. The molecule has 0 spiro atoms. The van der Waals surface area contributed by atoms with Crippen LogP contribution >= 0.6 is 0 Å². The summed E-state index contributed by atoms with van der Waals surface area (Å²) in [6, 6.07) is 2.94. The molecule has 18 heavy (non-hydrogen) atoms. The van der Waals surface area contributed by atoms with Gasteiger partial charge in [0.05, 0.1) is 0 Å². The van der Waals surface area contributed by atoms with Gasteiger partial charge >= 0.3 is 0 Å². The van der Waals surface area contributed by atoms with Gasteiger partial charge < -0.3 is 10.2 Å². The van der Waals surface area contributed by atoms with Crippen LogP contribution in [-0.2, 0) is 15.0 Å². The predicted molar refractivity (Wildman–Crippen MR) is 65.7 cm³/mol. The molecule has 1 unspecified atom stereocenters. The Morgan fingerprint density at radius 1 is 1.33 bits per heavy atom. The molecule has 0 bridgehead atoms. The van der Waals surface area contributed by atoms with Gasteiger partial charge in [-0.1, -0.05) is 6.07 Å². The van der Waals surface area contributed by atoms with Crippen molar-refractivity contribution >= 4 is 11.6 Å². The summed E-state index contributed by atoms with van der Waals surface area (Å²) in [5.41, 5.74) is -0.175. The molecule has 1 aromatic carbocycles. The summed E-state index contributed by atoms with van der Waals surface area (Å²) in [6.07, 6.45) is 1.55. The highest BCUT2D eigenvalue weighted by atomic mass is 16.3. The van der Waals surface area contributed by atoms with E-state index in [0.29, 0.717) is 30.4 Å². The van der Waals surface area contributed by atoms with E-state index in [4.69, 9.17) is 0 Å². The van der Waals surface area contributed by atoms with Crippen LogP contribution in [0.15, 0.2) is 12.1 Å². The van der Waals surface area contributed by atoms with Crippen LogP contribution in [0.2, 0.25) is 0 Å². The number of aromatic hydroxyl groups is 2. The largest absolute Gasteiger partial charge is 0.504 e. The molecule has 1 fully saturated rings. The van der Waals surface area contributed by atoms with Gasteiger partial charge in [-0.05, 0) is 43.9 Å². The minimum Gasteiger partial charge on any atom is -0.504 e. The fourth-order valence-electron chi connectivity index (χ4n) is 2.76. The number of benzene rings is 1. The van der Waals surface area contributed by atoms with E-state index in [0.717, 1.165) is 0 Å². The van der Waals surface area contributed by atoms with Crippen molar-refractivity contribution < 1.29 is 19.8 Å². The van der Waals surface area contributed by atoms with Crippen LogP contribution in [0.1, 0.15) is 37.3 Å². The second-order valence-electron chi connectivity index (χ2n) is 4.90. The molecule has 0 heterocycles. The Hall–Kier alpha value is -1.84. The first-order chi connectivity index (χ1) is 8.39. The van der Waals surface area contributed by atoms with E-state index < -0.39 is 5.41 Å². The number of carbonyl (C=O) groups excluding carboxylic acids is 2. The van der Waals surface area contributed by atoms with E-state index in [9.17, 15) is 19.8 Å². The molecule has 1 aliphatic carbocycles. The molecule has 0 amide bonds. The average molecular weight is 248 g/mol. The summed E-state index contributed by atoms with van der Waals surface area (Å²) in [4.78, 5) is 24.0. The monoisotopic (exact) mass is 248 g/mol. The molecular weight excluding hydrogens is 232 g/mol. The molecule has 0 radical (unpaired) electrons. The summed E-state index contributed by atoms with van der Waals surface area (Å²) < 4.78 is 0. The number of carbonyl (C=O) groups is 2. The highest BCUT2D eigenvalue weighted by Crippen LogP contribution is 2.42. The smallest absolute Gasteiger partial charge is 0.160 e. The van der Waals surface area contributed by atoms with Crippen LogP contribution in [0, 0.1) is 6.92 Å². The van der Waals surface area contributed by atoms with E-state index in [2.05, 4.69) is 0 Å². The average Bonchev–Trinajstić information content (AvgIpc) is 2.68. The summed E-state index contributed by atoms with van der Waals surface area (Å²) in [6.45, 7) is 3.04. The number of hydrogen-bond acceptors (Lipinski definition) is 4. The molecule has 1 aromatic rings.